The molecular formula is C14H22N2O. The van der Waals surface area contributed by atoms with Gasteiger partial charge in [-0.2, -0.15) is 0 Å². The number of aryl methyl sites for hydroxylation is 1. The van der Waals surface area contributed by atoms with Gasteiger partial charge in [-0.25, -0.2) is 0 Å². The Bertz CT molecular complexity index is 390. The normalized spacial score (nSPS) is 20.3. The smallest absolute Gasteiger partial charge is 0.0684 e. The Labute approximate surface area is 104 Å². The second kappa shape index (κ2) is 5.07. The number of hydrogen-bond acceptors (Lipinski definition) is 3. The van der Waals surface area contributed by atoms with Crippen LogP contribution in [0.3, 0.4) is 0 Å². The highest BCUT2D eigenvalue weighted by molar-refractivity contribution is 5.51. The van der Waals surface area contributed by atoms with Crippen LogP contribution < -0.4 is 4.90 Å². The van der Waals surface area contributed by atoms with Gasteiger partial charge in [0.1, 0.15) is 0 Å². The molecule has 0 spiro atoms. The van der Waals surface area contributed by atoms with E-state index in [4.69, 9.17) is 5.11 Å². The monoisotopic (exact) mass is 234 g/mol. The van der Waals surface area contributed by atoms with Crippen molar-refractivity contribution >= 4 is 5.69 Å². The molecule has 1 fully saturated rings. The molecule has 1 saturated heterocycles. The first-order valence-corrected chi connectivity index (χ1v) is 6.23. The lowest BCUT2D eigenvalue weighted by Gasteiger charge is -2.22. The Balaban J connectivity index is 2.11. The molecule has 0 aliphatic carbocycles. The van der Waals surface area contributed by atoms with E-state index in [2.05, 4.69) is 43.0 Å². The van der Waals surface area contributed by atoms with Crippen LogP contribution in [-0.2, 0) is 6.61 Å². The third-order valence-electron chi connectivity index (χ3n) is 3.76. The molecule has 0 saturated carbocycles. The van der Waals surface area contributed by atoms with Crippen molar-refractivity contribution in [1.29, 1.82) is 0 Å². The molecule has 0 aromatic heterocycles. The maximum absolute atomic E-state index is 9.17. The van der Waals surface area contributed by atoms with Gasteiger partial charge in [-0.1, -0.05) is 6.07 Å². The fraction of sp³-hybridized carbons (Fsp3) is 0.571. The number of nitrogens with zero attached hydrogens (tertiary/aromatic N) is 2. The molecule has 1 heterocycles. The third-order valence-corrected chi connectivity index (χ3v) is 3.76. The molecule has 0 amide bonds. The Morgan fingerprint density at radius 2 is 2.18 bits per heavy atom. The minimum Gasteiger partial charge on any atom is -0.392 e. The fourth-order valence-electron chi connectivity index (χ4n) is 2.45. The van der Waals surface area contributed by atoms with Gasteiger partial charge in [-0.15, -0.1) is 0 Å². The van der Waals surface area contributed by atoms with E-state index in [0.29, 0.717) is 6.04 Å². The van der Waals surface area contributed by atoms with Crippen molar-refractivity contribution in [2.45, 2.75) is 26.0 Å². The molecule has 1 aromatic carbocycles. The lowest BCUT2D eigenvalue weighted by Crippen LogP contribution is -2.31. The van der Waals surface area contributed by atoms with Crippen LogP contribution in [0.4, 0.5) is 5.69 Å². The first kappa shape index (κ1) is 12.4. The van der Waals surface area contributed by atoms with Gasteiger partial charge < -0.3 is 14.9 Å². The summed E-state index contributed by atoms with van der Waals surface area (Å²) in [5, 5.41) is 9.17. The van der Waals surface area contributed by atoms with E-state index in [0.717, 1.165) is 18.7 Å². The highest BCUT2D eigenvalue weighted by Crippen LogP contribution is 2.24. The van der Waals surface area contributed by atoms with Crippen LogP contribution >= 0.6 is 0 Å². The summed E-state index contributed by atoms with van der Waals surface area (Å²) in [7, 11) is 4.29. The van der Waals surface area contributed by atoms with Crippen molar-refractivity contribution in [2.75, 3.05) is 32.1 Å². The summed E-state index contributed by atoms with van der Waals surface area (Å²) in [5.74, 6) is 0. The first-order chi connectivity index (χ1) is 8.11. The number of anilines is 1. The van der Waals surface area contributed by atoms with Crippen LogP contribution in [0, 0.1) is 6.92 Å². The molecule has 2 rings (SSSR count). The Morgan fingerprint density at radius 1 is 1.41 bits per heavy atom. The summed E-state index contributed by atoms with van der Waals surface area (Å²) in [5.41, 5.74) is 3.49. The van der Waals surface area contributed by atoms with E-state index >= 15 is 0 Å². The fourth-order valence-corrected chi connectivity index (χ4v) is 2.45. The first-order valence-electron chi connectivity index (χ1n) is 6.23. The number of aliphatic hydroxyl groups is 1. The molecule has 0 bridgehead atoms. The summed E-state index contributed by atoms with van der Waals surface area (Å²) in [6.07, 6.45) is 1.23. The second-order valence-electron chi connectivity index (χ2n) is 5.12. The third kappa shape index (κ3) is 2.61. The SMILES string of the molecule is Cc1cc(N2CCC(N(C)C)C2)ccc1CO. The molecule has 1 atom stereocenters. The predicted molar refractivity (Wildman–Crippen MR) is 71.4 cm³/mol. The van der Waals surface area contributed by atoms with Crippen molar-refractivity contribution in [2.24, 2.45) is 0 Å². The summed E-state index contributed by atoms with van der Waals surface area (Å²) >= 11 is 0. The molecule has 17 heavy (non-hydrogen) atoms. The van der Waals surface area contributed by atoms with E-state index in [1.165, 1.54) is 17.7 Å². The van der Waals surface area contributed by atoms with Crippen molar-refractivity contribution in [3.63, 3.8) is 0 Å². The second-order valence-corrected chi connectivity index (χ2v) is 5.12. The van der Waals surface area contributed by atoms with Crippen molar-refractivity contribution in [3.05, 3.63) is 29.3 Å². The zero-order valence-electron chi connectivity index (χ0n) is 11.0. The number of benzene rings is 1. The van der Waals surface area contributed by atoms with Gasteiger partial charge in [-0.05, 0) is 50.7 Å². The van der Waals surface area contributed by atoms with E-state index in [-0.39, 0.29) is 6.61 Å². The van der Waals surface area contributed by atoms with Gasteiger partial charge in [0.2, 0.25) is 0 Å². The summed E-state index contributed by atoms with van der Waals surface area (Å²) in [4.78, 5) is 4.73. The molecule has 1 aromatic rings. The van der Waals surface area contributed by atoms with Crippen molar-refractivity contribution < 1.29 is 5.11 Å². The highest BCUT2D eigenvalue weighted by atomic mass is 16.3. The maximum Gasteiger partial charge on any atom is 0.0684 e. The largest absolute Gasteiger partial charge is 0.392 e. The number of hydrogen-bond donors (Lipinski definition) is 1. The average molecular weight is 234 g/mol. The van der Waals surface area contributed by atoms with E-state index in [1.807, 2.05) is 6.07 Å². The van der Waals surface area contributed by atoms with Crippen LogP contribution in [0.2, 0.25) is 0 Å². The summed E-state index contributed by atoms with van der Waals surface area (Å²) < 4.78 is 0. The lowest BCUT2D eigenvalue weighted by molar-refractivity contribution is 0.281. The number of rotatable bonds is 3. The van der Waals surface area contributed by atoms with Gasteiger partial charge in [0.25, 0.3) is 0 Å². The van der Waals surface area contributed by atoms with Gasteiger partial charge in [0, 0.05) is 24.8 Å². The van der Waals surface area contributed by atoms with E-state index < -0.39 is 0 Å². The van der Waals surface area contributed by atoms with Crippen molar-refractivity contribution in [1.82, 2.24) is 4.90 Å². The molecule has 1 N–H and O–H groups in total. The zero-order valence-corrected chi connectivity index (χ0v) is 11.0. The van der Waals surface area contributed by atoms with Gasteiger partial charge in [-0.3, -0.25) is 0 Å². The Hall–Kier alpha value is -1.06. The minimum atomic E-state index is 0.131. The molecular weight excluding hydrogens is 212 g/mol. The average Bonchev–Trinajstić information content (AvgIpc) is 2.78. The molecule has 1 aliphatic rings. The predicted octanol–water partition coefficient (Wildman–Crippen LogP) is 1.63. The molecule has 94 valence electrons. The summed E-state index contributed by atoms with van der Waals surface area (Å²) in [6, 6.07) is 7.00. The maximum atomic E-state index is 9.17. The van der Waals surface area contributed by atoms with E-state index in [9.17, 15) is 0 Å². The molecule has 3 nitrogen and oxygen atoms in total. The lowest BCUT2D eigenvalue weighted by atomic mass is 10.1. The van der Waals surface area contributed by atoms with Gasteiger partial charge >= 0.3 is 0 Å². The highest BCUT2D eigenvalue weighted by Gasteiger charge is 2.24. The molecule has 3 heteroatoms. The topological polar surface area (TPSA) is 26.7 Å². The Kier molecular flexibility index (Phi) is 3.69. The van der Waals surface area contributed by atoms with Gasteiger partial charge in [0.05, 0.1) is 6.61 Å². The number of aliphatic hydroxyl groups excluding tert-OH is 1. The molecule has 1 aliphatic heterocycles. The van der Waals surface area contributed by atoms with Crippen LogP contribution in [-0.4, -0.2) is 43.2 Å². The summed E-state index contributed by atoms with van der Waals surface area (Å²) in [6.45, 7) is 4.42. The standard InChI is InChI=1S/C14H22N2O/c1-11-8-13(5-4-12(11)10-17)16-7-6-14(9-16)15(2)3/h4-5,8,14,17H,6-7,9-10H2,1-3H3. The Morgan fingerprint density at radius 3 is 2.71 bits per heavy atom. The molecule has 1 unspecified atom stereocenters. The van der Waals surface area contributed by atoms with Crippen LogP contribution in [0.25, 0.3) is 0 Å². The van der Waals surface area contributed by atoms with Crippen LogP contribution in [0.1, 0.15) is 17.5 Å². The zero-order chi connectivity index (χ0) is 12.4. The molecule has 0 radical (unpaired) electrons. The van der Waals surface area contributed by atoms with Crippen LogP contribution in [0.5, 0.6) is 0 Å². The van der Waals surface area contributed by atoms with Gasteiger partial charge in [0.15, 0.2) is 0 Å². The minimum absolute atomic E-state index is 0.131. The van der Waals surface area contributed by atoms with Crippen LogP contribution in [0.15, 0.2) is 18.2 Å². The quantitative estimate of drug-likeness (QED) is 0.861. The number of likely N-dealkylation sites (N-methyl/N-ethyl adjacent to an activating group) is 1. The van der Waals surface area contributed by atoms with E-state index in [1.54, 1.807) is 0 Å². The van der Waals surface area contributed by atoms with Crippen molar-refractivity contribution in [3.8, 4) is 0 Å².